The number of piperidine rings is 1. The van der Waals surface area contributed by atoms with Crippen LogP contribution in [0.15, 0.2) is 28.8 Å². The van der Waals surface area contributed by atoms with Gasteiger partial charge < -0.3 is 14.5 Å². The van der Waals surface area contributed by atoms with Gasteiger partial charge >= 0.3 is 5.97 Å². The van der Waals surface area contributed by atoms with Gasteiger partial charge in [-0.2, -0.15) is 4.98 Å². The zero-order valence-corrected chi connectivity index (χ0v) is 16.6. The second kappa shape index (κ2) is 8.54. The highest BCUT2D eigenvalue weighted by Gasteiger charge is 2.34. The Kier molecular flexibility index (Phi) is 6.11. The quantitative estimate of drug-likeness (QED) is 0.817. The van der Waals surface area contributed by atoms with E-state index in [1.54, 1.807) is 0 Å². The molecule has 1 fully saturated rings. The fourth-order valence-corrected chi connectivity index (χ4v) is 3.52. The van der Waals surface area contributed by atoms with Crippen LogP contribution in [-0.4, -0.2) is 44.6 Å². The van der Waals surface area contributed by atoms with E-state index in [1.165, 1.54) is 10.5 Å². The summed E-state index contributed by atoms with van der Waals surface area (Å²) in [6, 6.07) is 7.27. The van der Waals surface area contributed by atoms with Gasteiger partial charge in [0.25, 0.3) is 0 Å². The van der Waals surface area contributed by atoms with Crippen molar-refractivity contribution < 1.29 is 19.2 Å². The molecule has 1 aromatic heterocycles. The molecule has 1 aromatic carbocycles. The summed E-state index contributed by atoms with van der Waals surface area (Å²) in [6.45, 7) is 6.77. The van der Waals surface area contributed by atoms with E-state index in [0.29, 0.717) is 42.9 Å². The topological polar surface area (TPSA) is 96.5 Å². The molecule has 0 radical (unpaired) electrons. The molecule has 1 N–H and O–H groups in total. The molecule has 0 saturated carbocycles. The highest BCUT2D eigenvalue weighted by molar-refractivity contribution is 5.84. The first kappa shape index (κ1) is 20.0. The van der Waals surface area contributed by atoms with Crippen LogP contribution in [-0.2, 0) is 16.0 Å². The molecular formula is C21H27N3O4. The Labute approximate surface area is 164 Å². The summed E-state index contributed by atoms with van der Waals surface area (Å²) in [6.07, 6.45) is 1.78. The lowest BCUT2D eigenvalue weighted by Crippen LogP contribution is -2.49. The summed E-state index contributed by atoms with van der Waals surface area (Å²) in [5.41, 5.74) is 2.10. The first-order valence-corrected chi connectivity index (χ1v) is 9.80. The summed E-state index contributed by atoms with van der Waals surface area (Å²) in [5, 5.41) is 13.4. The number of nitrogens with zero attached hydrogens (tertiary/aromatic N) is 3. The van der Waals surface area contributed by atoms with Crippen LogP contribution in [0.5, 0.6) is 0 Å². The fraction of sp³-hybridized carbons (Fsp3) is 0.524. The number of aromatic nitrogens is 2. The van der Waals surface area contributed by atoms with Gasteiger partial charge in [-0.3, -0.25) is 4.79 Å². The lowest BCUT2D eigenvalue weighted by molar-refractivity contribution is -0.153. The molecule has 1 saturated heterocycles. The molecule has 7 heteroatoms. The number of carbonyl (C=O) groups is 2. The molecule has 1 amide bonds. The van der Waals surface area contributed by atoms with E-state index < -0.39 is 12.0 Å². The Bertz CT molecular complexity index is 828. The third-order valence-electron chi connectivity index (χ3n) is 5.33. The summed E-state index contributed by atoms with van der Waals surface area (Å²) >= 11 is 0. The van der Waals surface area contributed by atoms with Crippen molar-refractivity contribution in [3.8, 4) is 11.4 Å². The van der Waals surface area contributed by atoms with Gasteiger partial charge in [0.05, 0.1) is 0 Å². The van der Waals surface area contributed by atoms with Crippen molar-refractivity contribution >= 4 is 11.9 Å². The molecule has 2 atom stereocenters. The minimum absolute atomic E-state index is 0.159. The standard InChI is InChI=1S/C21H27N3O4/c1-13(2)15-4-6-16(7-5-15)20-22-18(28-23-20)8-9-19(25)24-11-10-14(3)12-17(24)21(26)27/h4-7,13-14,17H,8-12H2,1-3H3,(H,26,27). The van der Waals surface area contributed by atoms with Crippen LogP contribution < -0.4 is 0 Å². The van der Waals surface area contributed by atoms with Crippen molar-refractivity contribution in [2.45, 2.75) is 58.4 Å². The number of aliphatic carboxylic acids is 1. The molecule has 1 aliphatic rings. The van der Waals surface area contributed by atoms with E-state index in [2.05, 4.69) is 24.0 Å². The number of likely N-dealkylation sites (tertiary alicyclic amines) is 1. The van der Waals surface area contributed by atoms with Gasteiger partial charge in [-0.25, -0.2) is 4.79 Å². The number of aryl methyl sites for hydroxylation is 1. The number of benzene rings is 1. The number of carboxylic acids is 1. The predicted molar refractivity (Wildman–Crippen MR) is 104 cm³/mol. The first-order chi connectivity index (χ1) is 13.3. The van der Waals surface area contributed by atoms with Gasteiger partial charge in [0.1, 0.15) is 6.04 Å². The maximum absolute atomic E-state index is 12.5. The molecule has 150 valence electrons. The molecule has 1 aliphatic heterocycles. The molecule has 7 nitrogen and oxygen atoms in total. The monoisotopic (exact) mass is 385 g/mol. The number of hydrogen-bond acceptors (Lipinski definition) is 5. The molecule has 3 rings (SSSR count). The van der Waals surface area contributed by atoms with Crippen molar-refractivity contribution in [1.82, 2.24) is 15.0 Å². The predicted octanol–water partition coefficient (Wildman–Crippen LogP) is 3.50. The lowest BCUT2D eigenvalue weighted by atomic mass is 9.92. The zero-order valence-electron chi connectivity index (χ0n) is 16.6. The number of hydrogen-bond donors (Lipinski definition) is 1. The Balaban J connectivity index is 1.60. The highest BCUT2D eigenvalue weighted by atomic mass is 16.5. The van der Waals surface area contributed by atoms with Crippen molar-refractivity contribution in [3.05, 3.63) is 35.7 Å². The van der Waals surface area contributed by atoms with E-state index >= 15 is 0 Å². The molecule has 28 heavy (non-hydrogen) atoms. The zero-order chi connectivity index (χ0) is 20.3. The second-order valence-corrected chi connectivity index (χ2v) is 7.86. The molecule has 0 bridgehead atoms. The van der Waals surface area contributed by atoms with Crippen molar-refractivity contribution in [2.24, 2.45) is 5.92 Å². The van der Waals surface area contributed by atoms with Gasteiger partial charge in [0, 0.05) is 24.9 Å². The Morgan fingerprint density at radius 1 is 1.29 bits per heavy atom. The molecule has 2 aromatic rings. The van der Waals surface area contributed by atoms with E-state index in [-0.39, 0.29) is 12.3 Å². The Morgan fingerprint density at radius 3 is 2.64 bits per heavy atom. The Hall–Kier alpha value is -2.70. The van der Waals surface area contributed by atoms with Crippen LogP contribution in [0.3, 0.4) is 0 Å². The van der Waals surface area contributed by atoms with E-state index in [0.717, 1.165) is 12.0 Å². The molecule has 0 aliphatic carbocycles. The van der Waals surface area contributed by atoms with Crippen LogP contribution in [0.2, 0.25) is 0 Å². The van der Waals surface area contributed by atoms with E-state index in [4.69, 9.17) is 4.52 Å². The third kappa shape index (κ3) is 4.58. The summed E-state index contributed by atoms with van der Waals surface area (Å²) in [7, 11) is 0. The van der Waals surface area contributed by atoms with Gasteiger partial charge in [0.2, 0.25) is 17.6 Å². The number of amides is 1. The van der Waals surface area contributed by atoms with Crippen LogP contribution in [0, 0.1) is 5.92 Å². The average molecular weight is 385 g/mol. The minimum atomic E-state index is -0.940. The van der Waals surface area contributed by atoms with Crippen LogP contribution in [0.1, 0.15) is 57.4 Å². The van der Waals surface area contributed by atoms with Crippen LogP contribution in [0.25, 0.3) is 11.4 Å². The molecule has 2 unspecified atom stereocenters. The number of carbonyl (C=O) groups excluding carboxylic acids is 1. The Morgan fingerprint density at radius 2 is 2.00 bits per heavy atom. The van der Waals surface area contributed by atoms with Gasteiger partial charge in [-0.1, -0.05) is 50.2 Å². The van der Waals surface area contributed by atoms with E-state index in [1.807, 2.05) is 31.2 Å². The average Bonchev–Trinajstić information content (AvgIpc) is 3.15. The summed E-state index contributed by atoms with van der Waals surface area (Å²) in [5.74, 6) is 0.519. The smallest absolute Gasteiger partial charge is 0.326 e. The van der Waals surface area contributed by atoms with Crippen LogP contribution >= 0.6 is 0 Å². The summed E-state index contributed by atoms with van der Waals surface area (Å²) in [4.78, 5) is 29.9. The summed E-state index contributed by atoms with van der Waals surface area (Å²) < 4.78 is 5.28. The normalized spacial score (nSPS) is 19.8. The fourth-order valence-electron chi connectivity index (χ4n) is 3.52. The van der Waals surface area contributed by atoms with Crippen molar-refractivity contribution in [2.75, 3.05) is 6.54 Å². The van der Waals surface area contributed by atoms with Crippen LogP contribution in [0.4, 0.5) is 0 Å². The van der Waals surface area contributed by atoms with Gasteiger partial charge in [-0.05, 0) is 30.2 Å². The molecule has 0 spiro atoms. The van der Waals surface area contributed by atoms with E-state index in [9.17, 15) is 14.7 Å². The third-order valence-corrected chi connectivity index (χ3v) is 5.33. The first-order valence-electron chi connectivity index (χ1n) is 9.80. The molecular weight excluding hydrogens is 358 g/mol. The van der Waals surface area contributed by atoms with Crippen molar-refractivity contribution in [3.63, 3.8) is 0 Å². The van der Waals surface area contributed by atoms with Gasteiger partial charge in [-0.15, -0.1) is 0 Å². The highest BCUT2D eigenvalue weighted by Crippen LogP contribution is 2.24. The molecule has 2 heterocycles. The van der Waals surface area contributed by atoms with Gasteiger partial charge in [0.15, 0.2) is 0 Å². The maximum Gasteiger partial charge on any atom is 0.326 e. The minimum Gasteiger partial charge on any atom is -0.480 e. The second-order valence-electron chi connectivity index (χ2n) is 7.86. The number of carboxylic acid groups (broad SMARTS) is 1. The SMILES string of the molecule is CC1CCN(C(=O)CCc2nc(-c3ccc(C(C)C)cc3)no2)C(C(=O)O)C1. The largest absolute Gasteiger partial charge is 0.480 e. The van der Waals surface area contributed by atoms with Crippen molar-refractivity contribution in [1.29, 1.82) is 0 Å². The lowest BCUT2D eigenvalue weighted by Gasteiger charge is -2.36. The number of rotatable bonds is 6. The maximum atomic E-state index is 12.5.